The summed E-state index contributed by atoms with van der Waals surface area (Å²) in [6, 6.07) is 5.26. The largest absolute Gasteiger partial charge is 0.383 e. The van der Waals surface area contributed by atoms with Crippen LogP contribution in [-0.4, -0.2) is 44.7 Å². The van der Waals surface area contributed by atoms with Crippen LogP contribution in [-0.2, 0) is 9.53 Å². The maximum atomic E-state index is 12.3. The van der Waals surface area contributed by atoms with Gasteiger partial charge < -0.3 is 20.7 Å². The maximum absolute atomic E-state index is 12.3. The topological polar surface area (TPSA) is 79.5 Å². The van der Waals surface area contributed by atoms with E-state index >= 15 is 0 Å². The number of anilines is 1. The molecular weight excluding hydrogens is 330 g/mol. The molecule has 7 heteroatoms. The molecule has 6 nitrogen and oxygen atoms in total. The molecule has 1 saturated heterocycles. The smallest absolute Gasteiger partial charge is 0.252 e. The van der Waals surface area contributed by atoms with E-state index in [1.165, 1.54) is 0 Å². The highest BCUT2D eigenvalue weighted by Crippen LogP contribution is 2.23. The van der Waals surface area contributed by atoms with Crippen molar-refractivity contribution in [1.29, 1.82) is 0 Å². The van der Waals surface area contributed by atoms with Gasteiger partial charge in [0.15, 0.2) is 0 Å². The third-order valence-electron chi connectivity index (χ3n) is 4.07. The number of benzene rings is 1. The molecule has 24 heavy (non-hydrogen) atoms. The third kappa shape index (κ3) is 5.19. The number of carbonyl (C=O) groups is 2. The van der Waals surface area contributed by atoms with E-state index in [1.807, 2.05) is 0 Å². The van der Waals surface area contributed by atoms with Gasteiger partial charge in [0.25, 0.3) is 5.91 Å². The Morgan fingerprint density at radius 3 is 2.88 bits per heavy atom. The summed E-state index contributed by atoms with van der Waals surface area (Å²) in [5.41, 5.74) is 0.978. The van der Waals surface area contributed by atoms with Crippen LogP contribution in [0.5, 0.6) is 0 Å². The van der Waals surface area contributed by atoms with Gasteiger partial charge >= 0.3 is 0 Å². The first-order chi connectivity index (χ1) is 11.5. The number of hydrogen-bond acceptors (Lipinski definition) is 4. The van der Waals surface area contributed by atoms with Gasteiger partial charge in [-0.15, -0.1) is 0 Å². The second kappa shape index (κ2) is 9.01. The van der Waals surface area contributed by atoms with Crippen molar-refractivity contribution in [3.05, 3.63) is 28.8 Å². The number of carbonyl (C=O) groups excluding carboxylic acids is 2. The molecule has 1 heterocycles. The molecule has 0 unspecified atom stereocenters. The lowest BCUT2D eigenvalue weighted by molar-refractivity contribution is -0.120. The van der Waals surface area contributed by atoms with Gasteiger partial charge in [-0.3, -0.25) is 9.59 Å². The summed E-state index contributed by atoms with van der Waals surface area (Å²) >= 11 is 6.18. The lowest BCUT2D eigenvalue weighted by Gasteiger charge is -2.27. The van der Waals surface area contributed by atoms with Crippen LogP contribution in [0.3, 0.4) is 0 Å². The lowest BCUT2D eigenvalue weighted by Crippen LogP contribution is -2.40. The van der Waals surface area contributed by atoms with E-state index in [2.05, 4.69) is 22.9 Å². The number of methoxy groups -OCH3 is 1. The van der Waals surface area contributed by atoms with Crippen molar-refractivity contribution < 1.29 is 14.3 Å². The number of amides is 2. The molecule has 2 amide bonds. The standard InChI is InChI=1S/C17H24ClN3O3/c1-11-9-12(5-6-19-11)16(22)21-13-3-4-14(15(18)10-13)17(23)20-7-8-24-2/h3-4,10-12,19H,5-9H2,1-2H3,(H,20,23)(H,21,22)/t11-,12-/m0/s1. The molecule has 1 aliphatic heterocycles. The van der Waals surface area contributed by atoms with Crippen molar-refractivity contribution in [2.45, 2.75) is 25.8 Å². The Kier molecular flexibility index (Phi) is 7.02. The van der Waals surface area contributed by atoms with Gasteiger partial charge in [0.2, 0.25) is 5.91 Å². The highest BCUT2D eigenvalue weighted by Gasteiger charge is 2.24. The summed E-state index contributed by atoms with van der Waals surface area (Å²) in [6.07, 6.45) is 1.64. The van der Waals surface area contributed by atoms with Crippen molar-refractivity contribution in [2.75, 3.05) is 32.1 Å². The Balaban J connectivity index is 1.96. The molecular formula is C17H24ClN3O3. The highest BCUT2D eigenvalue weighted by molar-refractivity contribution is 6.34. The van der Waals surface area contributed by atoms with Gasteiger partial charge in [-0.05, 0) is 44.5 Å². The Bertz CT molecular complexity index is 594. The van der Waals surface area contributed by atoms with Crippen molar-refractivity contribution in [2.24, 2.45) is 5.92 Å². The minimum Gasteiger partial charge on any atom is -0.383 e. The third-order valence-corrected chi connectivity index (χ3v) is 4.38. The Labute approximate surface area is 147 Å². The molecule has 3 N–H and O–H groups in total. The zero-order valence-corrected chi connectivity index (χ0v) is 14.8. The molecule has 1 fully saturated rings. The zero-order valence-electron chi connectivity index (χ0n) is 14.0. The van der Waals surface area contributed by atoms with Crippen LogP contribution in [0.15, 0.2) is 18.2 Å². The van der Waals surface area contributed by atoms with E-state index in [4.69, 9.17) is 16.3 Å². The molecule has 0 bridgehead atoms. The number of piperidine rings is 1. The van der Waals surface area contributed by atoms with Crippen LogP contribution in [0.25, 0.3) is 0 Å². The normalized spacial score (nSPS) is 20.5. The molecule has 132 valence electrons. The molecule has 1 aromatic rings. The fraction of sp³-hybridized carbons (Fsp3) is 0.529. The van der Waals surface area contributed by atoms with E-state index in [-0.39, 0.29) is 17.7 Å². The molecule has 0 radical (unpaired) electrons. The van der Waals surface area contributed by atoms with Gasteiger partial charge in [0, 0.05) is 31.3 Å². The molecule has 0 spiro atoms. The van der Waals surface area contributed by atoms with E-state index < -0.39 is 0 Å². The molecule has 0 aromatic heterocycles. The Morgan fingerprint density at radius 2 is 2.21 bits per heavy atom. The highest BCUT2D eigenvalue weighted by atomic mass is 35.5. The quantitative estimate of drug-likeness (QED) is 0.684. The van der Waals surface area contributed by atoms with Crippen LogP contribution >= 0.6 is 11.6 Å². The van der Waals surface area contributed by atoms with Gasteiger partial charge in [0.1, 0.15) is 0 Å². The van der Waals surface area contributed by atoms with E-state index in [1.54, 1.807) is 25.3 Å². The van der Waals surface area contributed by atoms with Gasteiger partial charge in [-0.2, -0.15) is 0 Å². The fourth-order valence-corrected chi connectivity index (χ4v) is 3.02. The van der Waals surface area contributed by atoms with E-state index in [0.717, 1.165) is 19.4 Å². The number of ether oxygens (including phenoxy) is 1. The summed E-state index contributed by atoms with van der Waals surface area (Å²) in [5, 5.41) is 9.24. The monoisotopic (exact) mass is 353 g/mol. The molecule has 1 aromatic carbocycles. The predicted molar refractivity (Wildman–Crippen MR) is 94.5 cm³/mol. The summed E-state index contributed by atoms with van der Waals surface area (Å²) < 4.78 is 4.89. The van der Waals surface area contributed by atoms with Gasteiger partial charge in [0.05, 0.1) is 17.2 Å². The molecule has 1 aliphatic rings. The predicted octanol–water partition coefficient (Wildman–Crippen LogP) is 2.04. The first-order valence-corrected chi connectivity index (χ1v) is 8.50. The van der Waals surface area contributed by atoms with Crippen LogP contribution in [0.2, 0.25) is 5.02 Å². The second-order valence-electron chi connectivity index (χ2n) is 6.01. The molecule has 2 atom stereocenters. The number of nitrogens with one attached hydrogen (secondary N) is 3. The van der Waals surface area contributed by atoms with Crippen molar-refractivity contribution in [3.63, 3.8) is 0 Å². The van der Waals surface area contributed by atoms with E-state index in [0.29, 0.717) is 35.5 Å². The van der Waals surface area contributed by atoms with Crippen LogP contribution in [0.4, 0.5) is 5.69 Å². The number of rotatable bonds is 6. The average molecular weight is 354 g/mol. The molecule has 0 saturated carbocycles. The molecule has 0 aliphatic carbocycles. The summed E-state index contributed by atoms with van der Waals surface area (Å²) in [6.45, 7) is 3.78. The summed E-state index contributed by atoms with van der Waals surface area (Å²) in [4.78, 5) is 24.4. The first kappa shape index (κ1) is 18.7. The van der Waals surface area contributed by atoms with Crippen LogP contribution in [0.1, 0.15) is 30.1 Å². The van der Waals surface area contributed by atoms with Crippen molar-refractivity contribution in [1.82, 2.24) is 10.6 Å². The van der Waals surface area contributed by atoms with Crippen molar-refractivity contribution in [3.8, 4) is 0 Å². The fourth-order valence-electron chi connectivity index (χ4n) is 2.75. The van der Waals surface area contributed by atoms with Crippen LogP contribution < -0.4 is 16.0 Å². The van der Waals surface area contributed by atoms with Crippen molar-refractivity contribution >= 4 is 29.1 Å². The summed E-state index contributed by atoms with van der Waals surface area (Å²) in [7, 11) is 1.57. The Hall–Kier alpha value is -1.63. The van der Waals surface area contributed by atoms with Gasteiger partial charge in [-0.25, -0.2) is 0 Å². The minimum absolute atomic E-state index is 0.00274. The lowest BCUT2D eigenvalue weighted by atomic mass is 9.92. The van der Waals surface area contributed by atoms with Crippen LogP contribution in [0, 0.1) is 5.92 Å². The van der Waals surface area contributed by atoms with E-state index in [9.17, 15) is 9.59 Å². The minimum atomic E-state index is -0.262. The zero-order chi connectivity index (χ0) is 17.5. The summed E-state index contributed by atoms with van der Waals surface area (Å²) in [5.74, 6) is -0.268. The maximum Gasteiger partial charge on any atom is 0.252 e. The number of hydrogen-bond donors (Lipinski definition) is 3. The number of halogens is 1. The average Bonchev–Trinajstić information content (AvgIpc) is 2.55. The SMILES string of the molecule is COCCNC(=O)c1ccc(NC(=O)[C@H]2CCN[C@@H](C)C2)cc1Cl. The Morgan fingerprint density at radius 1 is 1.42 bits per heavy atom. The first-order valence-electron chi connectivity index (χ1n) is 8.12. The second-order valence-corrected chi connectivity index (χ2v) is 6.42. The molecule has 2 rings (SSSR count). The van der Waals surface area contributed by atoms with Gasteiger partial charge in [-0.1, -0.05) is 11.6 Å².